The van der Waals surface area contributed by atoms with Crippen LogP contribution in [0.1, 0.15) is 18.7 Å². The highest BCUT2D eigenvalue weighted by molar-refractivity contribution is 7.07. The molecule has 0 bridgehead atoms. The lowest BCUT2D eigenvalue weighted by molar-refractivity contribution is -0.123. The zero-order valence-corrected chi connectivity index (χ0v) is 8.35. The highest BCUT2D eigenvalue weighted by Gasteiger charge is 2.20. The van der Waals surface area contributed by atoms with Crippen LogP contribution in [0.3, 0.4) is 0 Å². The van der Waals surface area contributed by atoms with Gasteiger partial charge in [-0.3, -0.25) is 9.59 Å². The Bertz CT molecular complexity index is 312. The Balaban J connectivity index is 2.81. The standard InChI is InChI=1S/C7H7ClN2O2S/c1-4(11)10-6(7(8)12)5-2-13-3-9-5/h2-3,6H,1H3,(H,10,11). The van der Waals surface area contributed by atoms with Crippen LogP contribution in [-0.2, 0) is 9.59 Å². The summed E-state index contributed by atoms with van der Waals surface area (Å²) in [5.74, 6) is -0.313. The predicted octanol–water partition coefficient (Wildman–Crippen LogP) is 1.09. The van der Waals surface area contributed by atoms with Crippen LogP contribution < -0.4 is 5.32 Å². The summed E-state index contributed by atoms with van der Waals surface area (Å²) in [7, 11) is 0. The average molecular weight is 219 g/mol. The molecular weight excluding hydrogens is 212 g/mol. The number of carbonyl (C=O) groups is 2. The van der Waals surface area contributed by atoms with Crippen LogP contribution in [0.15, 0.2) is 10.9 Å². The van der Waals surface area contributed by atoms with Crippen molar-refractivity contribution in [3.63, 3.8) is 0 Å². The van der Waals surface area contributed by atoms with E-state index in [4.69, 9.17) is 11.6 Å². The third-order valence-electron chi connectivity index (χ3n) is 1.32. The Labute approximate surface area is 83.9 Å². The SMILES string of the molecule is CC(=O)NC(C(=O)Cl)c1cscn1. The summed E-state index contributed by atoms with van der Waals surface area (Å²) >= 11 is 6.63. The summed E-state index contributed by atoms with van der Waals surface area (Å²) in [6, 6.07) is -0.828. The van der Waals surface area contributed by atoms with E-state index in [2.05, 4.69) is 10.3 Å². The Kier molecular flexibility index (Phi) is 3.39. The van der Waals surface area contributed by atoms with E-state index in [0.29, 0.717) is 5.69 Å². The van der Waals surface area contributed by atoms with Gasteiger partial charge in [-0.2, -0.15) is 0 Å². The molecule has 1 amide bonds. The van der Waals surface area contributed by atoms with Crippen molar-refractivity contribution in [1.82, 2.24) is 10.3 Å². The molecule has 1 aromatic rings. The summed E-state index contributed by atoms with van der Waals surface area (Å²) < 4.78 is 0. The van der Waals surface area contributed by atoms with Gasteiger partial charge in [0.15, 0.2) is 0 Å². The lowest BCUT2D eigenvalue weighted by Crippen LogP contribution is -2.30. The number of nitrogens with zero attached hydrogens (tertiary/aromatic N) is 1. The van der Waals surface area contributed by atoms with Crippen LogP contribution in [0.25, 0.3) is 0 Å². The molecule has 0 aliphatic heterocycles. The third kappa shape index (κ3) is 2.78. The van der Waals surface area contributed by atoms with E-state index in [9.17, 15) is 9.59 Å². The topological polar surface area (TPSA) is 59.1 Å². The van der Waals surface area contributed by atoms with E-state index < -0.39 is 11.3 Å². The van der Waals surface area contributed by atoms with E-state index in [-0.39, 0.29) is 5.91 Å². The molecule has 0 saturated heterocycles. The summed E-state index contributed by atoms with van der Waals surface area (Å²) in [5.41, 5.74) is 2.05. The molecule has 4 nitrogen and oxygen atoms in total. The number of halogens is 1. The number of nitrogens with one attached hydrogen (secondary N) is 1. The first-order chi connectivity index (χ1) is 6.11. The summed E-state index contributed by atoms with van der Waals surface area (Å²) in [5, 5.41) is 3.44. The van der Waals surface area contributed by atoms with Crippen molar-refractivity contribution < 1.29 is 9.59 Å². The highest BCUT2D eigenvalue weighted by atomic mass is 35.5. The van der Waals surface area contributed by atoms with Crippen molar-refractivity contribution in [3.05, 3.63) is 16.6 Å². The molecule has 0 fully saturated rings. The van der Waals surface area contributed by atoms with E-state index in [1.807, 2.05) is 0 Å². The number of hydrogen-bond acceptors (Lipinski definition) is 4. The molecule has 0 saturated carbocycles. The molecule has 6 heteroatoms. The first kappa shape index (κ1) is 10.1. The molecular formula is C7H7ClN2O2S. The second-order valence-corrected chi connectivity index (χ2v) is 3.44. The second kappa shape index (κ2) is 4.34. The van der Waals surface area contributed by atoms with Gasteiger partial charge in [0.25, 0.3) is 0 Å². The maximum absolute atomic E-state index is 10.9. The molecule has 0 spiro atoms. The van der Waals surface area contributed by atoms with E-state index in [1.54, 1.807) is 10.9 Å². The fourth-order valence-electron chi connectivity index (χ4n) is 0.815. The van der Waals surface area contributed by atoms with Crippen LogP contribution in [-0.4, -0.2) is 16.1 Å². The molecule has 1 heterocycles. The number of aromatic nitrogens is 1. The molecule has 1 rings (SSSR count). The summed E-state index contributed by atoms with van der Waals surface area (Å²) in [6.45, 7) is 1.32. The number of rotatable bonds is 3. The smallest absolute Gasteiger partial charge is 0.250 e. The summed E-state index contributed by atoms with van der Waals surface area (Å²) in [6.07, 6.45) is 0. The fraction of sp³-hybridized carbons (Fsp3) is 0.286. The van der Waals surface area contributed by atoms with Crippen molar-refractivity contribution in [2.45, 2.75) is 13.0 Å². The number of thiazole rings is 1. The largest absolute Gasteiger partial charge is 0.340 e. The van der Waals surface area contributed by atoms with Crippen molar-refractivity contribution in [2.24, 2.45) is 0 Å². The van der Waals surface area contributed by atoms with Crippen LogP contribution in [0.4, 0.5) is 0 Å². The van der Waals surface area contributed by atoms with Gasteiger partial charge < -0.3 is 5.32 Å². The normalized spacial score (nSPS) is 12.2. The van der Waals surface area contributed by atoms with Crippen LogP contribution in [0, 0.1) is 0 Å². The maximum atomic E-state index is 10.9. The van der Waals surface area contributed by atoms with Crippen LogP contribution in [0.5, 0.6) is 0 Å². The van der Waals surface area contributed by atoms with Gasteiger partial charge in [-0.15, -0.1) is 11.3 Å². The maximum Gasteiger partial charge on any atom is 0.250 e. The van der Waals surface area contributed by atoms with Crippen molar-refractivity contribution in [3.8, 4) is 0 Å². The zero-order chi connectivity index (χ0) is 9.84. The molecule has 1 aromatic heterocycles. The summed E-state index contributed by atoms with van der Waals surface area (Å²) in [4.78, 5) is 25.5. The first-order valence-electron chi connectivity index (χ1n) is 3.46. The van der Waals surface area contributed by atoms with E-state index in [1.165, 1.54) is 18.3 Å². The fourth-order valence-corrected chi connectivity index (χ4v) is 1.56. The Morgan fingerprint density at radius 1 is 1.69 bits per heavy atom. The average Bonchev–Trinajstić information content (AvgIpc) is 2.50. The number of amides is 1. The minimum Gasteiger partial charge on any atom is -0.340 e. The zero-order valence-electron chi connectivity index (χ0n) is 6.78. The van der Waals surface area contributed by atoms with Gasteiger partial charge in [0.1, 0.15) is 6.04 Å². The number of hydrogen-bond donors (Lipinski definition) is 1. The molecule has 0 radical (unpaired) electrons. The highest BCUT2D eigenvalue weighted by Crippen LogP contribution is 2.15. The molecule has 1 unspecified atom stereocenters. The molecule has 0 aromatic carbocycles. The molecule has 1 atom stereocenters. The van der Waals surface area contributed by atoms with Gasteiger partial charge in [-0.25, -0.2) is 4.98 Å². The van der Waals surface area contributed by atoms with E-state index >= 15 is 0 Å². The molecule has 0 aliphatic rings. The van der Waals surface area contributed by atoms with Gasteiger partial charge in [0.2, 0.25) is 11.1 Å². The van der Waals surface area contributed by atoms with Crippen LogP contribution >= 0.6 is 22.9 Å². The van der Waals surface area contributed by atoms with Crippen molar-refractivity contribution in [1.29, 1.82) is 0 Å². The number of carbonyl (C=O) groups excluding carboxylic acids is 2. The van der Waals surface area contributed by atoms with Crippen LogP contribution in [0.2, 0.25) is 0 Å². The van der Waals surface area contributed by atoms with Gasteiger partial charge in [-0.05, 0) is 11.6 Å². The van der Waals surface area contributed by atoms with Gasteiger partial charge in [0.05, 0.1) is 11.2 Å². The lowest BCUT2D eigenvalue weighted by Gasteiger charge is -2.09. The van der Waals surface area contributed by atoms with Crippen molar-refractivity contribution >= 4 is 34.1 Å². The van der Waals surface area contributed by atoms with E-state index in [0.717, 1.165) is 0 Å². The second-order valence-electron chi connectivity index (χ2n) is 2.35. The Morgan fingerprint density at radius 3 is 2.77 bits per heavy atom. The molecule has 1 N–H and O–H groups in total. The van der Waals surface area contributed by atoms with Gasteiger partial charge in [-0.1, -0.05) is 0 Å². The Hall–Kier alpha value is -0.940. The molecule has 0 aliphatic carbocycles. The third-order valence-corrected chi connectivity index (χ3v) is 2.14. The monoisotopic (exact) mass is 218 g/mol. The lowest BCUT2D eigenvalue weighted by atomic mass is 10.2. The van der Waals surface area contributed by atoms with Gasteiger partial charge >= 0.3 is 0 Å². The van der Waals surface area contributed by atoms with Gasteiger partial charge in [0, 0.05) is 12.3 Å². The Morgan fingerprint density at radius 2 is 2.38 bits per heavy atom. The first-order valence-corrected chi connectivity index (χ1v) is 4.78. The predicted molar refractivity (Wildman–Crippen MR) is 49.5 cm³/mol. The minimum absolute atomic E-state index is 0.313. The van der Waals surface area contributed by atoms with Crippen molar-refractivity contribution in [2.75, 3.05) is 0 Å². The quantitative estimate of drug-likeness (QED) is 0.773. The molecule has 70 valence electrons. The minimum atomic E-state index is -0.828. The molecule has 13 heavy (non-hydrogen) atoms.